The van der Waals surface area contributed by atoms with Crippen molar-refractivity contribution in [2.24, 2.45) is 0 Å². The third kappa shape index (κ3) is 6.18. The first-order valence-corrected chi connectivity index (χ1v) is 9.01. The fourth-order valence-electron chi connectivity index (χ4n) is 3.08. The molecule has 3 aromatic carbocycles. The van der Waals surface area contributed by atoms with Crippen molar-refractivity contribution in [3.8, 4) is 0 Å². The minimum Gasteiger partial charge on any atom is -0.293 e. The van der Waals surface area contributed by atoms with Crippen LogP contribution in [0.4, 0.5) is 0 Å². The Morgan fingerprint density at radius 1 is 0.769 bits per heavy atom. The molecule has 3 rings (SSSR count). The van der Waals surface area contributed by atoms with Crippen molar-refractivity contribution < 1.29 is 18.9 Å². The van der Waals surface area contributed by atoms with Crippen LogP contribution in [0.2, 0.25) is 0 Å². The monoisotopic (exact) mass is 335 g/mol. The van der Waals surface area contributed by atoms with Crippen molar-refractivity contribution in [2.75, 3.05) is 0 Å². The molecule has 0 N–H and O–H groups in total. The molecule has 0 aliphatic carbocycles. The molecular weight excluding hydrogens is 309 g/mol. The maximum atomic E-state index is 3.42. The predicted molar refractivity (Wildman–Crippen MR) is 105 cm³/mol. The number of nitrogens with zero attached hydrogens (tertiary/aromatic N) is 1. The van der Waals surface area contributed by atoms with Gasteiger partial charge in [0.25, 0.3) is 0 Å². The summed E-state index contributed by atoms with van der Waals surface area (Å²) in [4.78, 5) is 2.49. The molecular formula is C24H26LiN. The number of hydrogen-bond donors (Lipinski definition) is 0. The Kier molecular flexibility index (Phi) is 8.20. The molecule has 1 nitrogen and oxygen atoms in total. The maximum absolute atomic E-state index is 3.42. The van der Waals surface area contributed by atoms with Gasteiger partial charge in [0.1, 0.15) is 0 Å². The van der Waals surface area contributed by atoms with Crippen LogP contribution < -0.4 is 18.9 Å². The van der Waals surface area contributed by atoms with E-state index >= 15 is 0 Å². The first kappa shape index (κ1) is 20.5. The van der Waals surface area contributed by atoms with Gasteiger partial charge in [-0.05, 0) is 17.0 Å². The van der Waals surface area contributed by atoms with Crippen LogP contribution in [0.15, 0.2) is 78.9 Å². The molecule has 128 valence electrons. The Morgan fingerprint density at radius 2 is 1.31 bits per heavy atom. The molecule has 0 unspecified atom stereocenters. The number of hydrogen-bond acceptors (Lipinski definition) is 1. The third-order valence-electron chi connectivity index (χ3n) is 4.44. The van der Waals surface area contributed by atoms with E-state index < -0.39 is 0 Å². The summed E-state index contributed by atoms with van der Waals surface area (Å²) >= 11 is 0. The van der Waals surface area contributed by atoms with Crippen LogP contribution in [-0.2, 0) is 19.6 Å². The van der Waals surface area contributed by atoms with Gasteiger partial charge in [-0.15, -0.1) is 5.56 Å². The Labute approximate surface area is 170 Å². The largest absolute Gasteiger partial charge is 1.00 e. The summed E-state index contributed by atoms with van der Waals surface area (Å²) in [5, 5.41) is 0. The molecule has 0 saturated carbocycles. The molecule has 0 amide bonds. The van der Waals surface area contributed by atoms with Gasteiger partial charge in [-0.3, -0.25) is 4.90 Å². The van der Waals surface area contributed by atoms with Crippen LogP contribution >= 0.6 is 0 Å². The van der Waals surface area contributed by atoms with E-state index in [1.54, 1.807) is 0 Å². The van der Waals surface area contributed by atoms with Crippen LogP contribution in [0.3, 0.4) is 0 Å². The first-order chi connectivity index (χ1) is 12.2. The zero-order valence-corrected chi connectivity index (χ0v) is 16.2. The van der Waals surface area contributed by atoms with Gasteiger partial charge >= 0.3 is 18.9 Å². The molecule has 2 heteroatoms. The Morgan fingerprint density at radius 3 is 1.81 bits per heavy atom. The van der Waals surface area contributed by atoms with E-state index in [2.05, 4.69) is 104 Å². The summed E-state index contributed by atoms with van der Waals surface area (Å²) in [5.74, 6) is 0.546. The Hall–Kier alpha value is -1.78. The Balaban J connectivity index is 0.00000243. The van der Waals surface area contributed by atoms with Crippen LogP contribution in [0.25, 0.3) is 0 Å². The van der Waals surface area contributed by atoms with Gasteiger partial charge < -0.3 is 0 Å². The molecule has 0 atom stereocenters. The van der Waals surface area contributed by atoms with E-state index in [1.165, 1.54) is 22.3 Å². The first-order valence-electron chi connectivity index (χ1n) is 9.01. The topological polar surface area (TPSA) is 3.24 Å². The molecule has 0 saturated heterocycles. The quantitative estimate of drug-likeness (QED) is 0.474. The van der Waals surface area contributed by atoms with Crippen molar-refractivity contribution in [3.05, 3.63) is 107 Å². The molecule has 0 fully saturated rings. The van der Waals surface area contributed by atoms with Crippen LogP contribution in [0.5, 0.6) is 0 Å². The molecule has 0 spiro atoms. The normalized spacial score (nSPS) is 10.8. The zero-order chi connectivity index (χ0) is 17.5. The van der Waals surface area contributed by atoms with E-state index in [-0.39, 0.29) is 18.9 Å². The van der Waals surface area contributed by atoms with E-state index in [1.807, 2.05) is 0 Å². The van der Waals surface area contributed by atoms with Crippen molar-refractivity contribution in [3.63, 3.8) is 0 Å². The summed E-state index contributed by atoms with van der Waals surface area (Å²) < 4.78 is 0. The summed E-state index contributed by atoms with van der Waals surface area (Å²) in [6.07, 6.45) is 0. The molecule has 3 aromatic rings. The molecule has 0 aliphatic rings. The van der Waals surface area contributed by atoms with Crippen LogP contribution in [-0.4, -0.2) is 4.90 Å². The van der Waals surface area contributed by atoms with Gasteiger partial charge in [0, 0.05) is 19.6 Å². The molecule has 0 heterocycles. The van der Waals surface area contributed by atoms with Crippen molar-refractivity contribution >= 4 is 0 Å². The van der Waals surface area contributed by atoms with Crippen molar-refractivity contribution in [1.29, 1.82) is 0 Å². The van der Waals surface area contributed by atoms with Crippen molar-refractivity contribution in [1.82, 2.24) is 4.90 Å². The van der Waals surface area contributed by atoms with E-state index in [4.69, 9.17) is 0 Å². The SMILES string of the molecule is CC(C)c1cc[c-]c(CN(Cc2ccccc2)Cc2ccccc2)c1.[Li+]. The molecule has 0 aliphatic heterocycles. The zero-order valence-electron chi connectivity index (χ0n) is 16.2. The summed E-state index contributed by atoms with van der Waals surface area (Å²) in [7, 11) is 0. The van der Waals surface area contributed by atoms with Gasteiger partial charge in [-0.1, -0.05) is 74.5 Å². The van der Waals surface area contributed by atoms with Crippen molar-refractivity contribution in [2.45, 2.75) is 39.4 Å². The predicted octanol–water partition coefficient (Wildman–Crippen LogP) is 2.82. The summed E-state index contributed by atoms with van der Waals surface area (Å²) in [6.45, 7) is 7.27. The smallest absolute Gasteiger partial charge is 0.293 e. The van der Waals surface area contributed by atoms with Crippen LogP contribution in [0.1, 0.15) is 42.0 Å². The van der Waals surface area contributed by atoms with Crippen LogP contribution in [0, 0.1) is 6.07 Å². The molecule has 0 aromatic heterocycles. The fourth-order valence-corrected chi connectivity index (χ4v) is 3.08. The third-order valence-corrected chi connectivity index (χ3v) is 4.44. The molecule has 26 heavy (non-hydrogen) atoms. The summed E-state index contributed by atoms with van der Waals surface area (Å²) in [5.41, 5.74) is 5.34. The van der Waals surface area contributed by atoms with E-state index in [0.717, 1.165) is 19.6 Å². The molecule has 0 radical (unpaired) electrons. The average Bonchev–Trinajstić information content (AvgIpc) is 2.63. The Bertz CT molecular complexity index is 727. The van der Waals surface area contributed by atoms with Gasteiger partial charge in [-0.25, -0.2) is 0 Å². The number of benzene rings is 3. The minimum absolute atomic E-state index is 0. The number of rotatable bonds is 7. The van der Waals surface area contributed by atoms with E-state index in [9.17, 15) is 0 Å². The standard InChI is InChI=1S/C24H26N.Li/c1-20(2)24-15-9-14-23(16-24)19-25(17-21-10-5-3-6-11-21)18-22-12-7-4-8-13-22;/h3-13,15-16,20H,17-19H2,1-2H3;/q-1;+1. The summed E-state index contributed by atoms with van der Waals surface area (Å²) in [6, 6.07) is 31.4. The van der Waals surface area contributed by atoms with E-state index in [0.29, 0.717) is 5.92 Å². The molecule has 0 bridgehead atoms. The fraction of sp³-hybridized carbons (Fsp3) is 0.250. The second-order valence-electron chi connectivity index (χ2n) is 6.92. The maximum Gasteiger partial charge on any atom is 1.00 e. The van der Waals surface area contributed by atoms with Gasteiger partial charge in [0.05, 0.1) is 0 Å². The average molecular weight is 335 g/mol. The second kappa shape index (κ2) is 10.4. The minimum atomic E-state index is 0. The second-order valence-corrected chi connectivity index (χ2v) is 6.92. The van der Waals surface area contributed by atoms with Gasteiger partial charge in [0.15, 0.2) is 0 Å². The van der Waals surface area contributed by atoms with Gasteiger partial charge in [-0.2, -0.15) is 29.8 Å². The van der Waals surface area contributed by atoms with Gasteiger partial charge in [0.2, 0.25) is 0 Å².